The number of nitrogens with one attached hydrogen (secondary N) is 1. The fraction of sp³-hybridized carbons (Fsp3) is 0.625. The van der Waals surface area contributed by atoms with Gasteiger partial charge in [-0.15, -0.1) is 10.2 Å². The third kappa shape index (κ3) is 3.60. The number of hydrogen-bond acceptors (Lipinski definition) is 6. The average Bonchev–Trinajstić information content (AvgIpc) is 3.21. The molecule has 1 amide bonds. The molecule has 2 aromatic heterocycles. The van der Waals surface area contributed by atoms with E-state index in [0.29, 0.717) is 35.0 Å². The van der Waals surface area contributed by atoms with Crippen LogP contribution in [0.25, 0.3) is 0 Å². The highest BCUT2D eigenvalue weighted by atomic mass is 16.4. The summed E-state index contributed by atoms with van der Waals surface area (Å²) in [5, 5.41) is 11.1. The zero-order valence-electron chi connectivity index (χ0n) is 13.8. The Morgan fingerprint density at radius 3 is 2.65 bits per heavy atom. The number of aromatic nitrogens is 3. The van der Waals surface area contributed by atoms with Gasteiger partial charge in [0.25, 0.3) is 5.91 Å². The van der Waals surface area contributed by atoms with Gasteiger partial charge in [0.1, 0.15) is 0 Å². The van der Waals surface area contributed by atoms with Crippen molar-refractivity contribution in [1.82, 2.24) is 20.5 Å². The molecule has 23 heavy (non-hydrogen) atoms. The lowest BCUT2D eigenvalue weighted by molar-refractivity contribution is 0.0907. The van der Waals surface area contributed by atoms with E-state index in [1.165, 1.54) is 0 Å². The monoisotopic (exact) mass is 318 g/mol. The van der Waals surface area contributed by atoms with Gasteiger partial charge in [-0.1, -0.05) is 6.92 Å². The first-order chi connectivity index (χ1) is 11.0. The molecule has 124 valence electrons. The lowest BCUT2D eigenvalue weighted by atomic mass is 10.0. The van der Waals surface area contributed by atoms with Gasteiger partial charge in [0.15, 0.2) is 5.89 Å². The molecule has 3 rings (SSSR count). The summed E-state index contributed by atoms with van der Waals surface area (Å²) >= 11 is 0. The van der Waals surface area contributed by atoms with Crippen molar-refractivity contribution >= 4 is 5.91 Å². The highest BCUT2D eigenvalue weighted by Gasteiger charge is 2.29. The third-order valence-electron chi connectivity index (χ3n) is 4.26. The minimum atomic E-state index is -0.181. The summed E-state index contributed by atoms with van der Waals surface area (Å²) in [5.41, 5.74) is 0.632. The van der Waals surface area contributed by atoms with Crippen LogP contribution in [0.3, 0.4) is 0 Å². The molecule has 0 saturated heterocycles. The number of aryl methyl sites for hydroxylation is 3. The standard InChI is InChI=1S/C16H22N4O3/c1-4-13-19-20-14(23-13)8-11-5-6-12(7-11)18-16(21)15-9(2)17-10(3)22-15/h11-12H,4-8H2,1-3H3,(H,18,21)/t11-,12+/m1/s1. The molecule has 2 atom stereocenters. The highest BCUT2D eigenvalue weighted by molar-refractivity contribution is 5.92. The van der Waals surface area contributed by atoms with E-state index in [9.17, 15) is 4.79 Å². The van der Waals surface area contributed by atoms with Gasteiger partial charge in [-0.25, -0.2) is 4.98 Å². The maximum Gasteiger partial charge on any atom is 0.289 e. The summed E-state index contributed by atoms with van der Waals surface area (Å²) in [5.74, 6) is 2.48. The molecule has 1 N–H and O–H groups in total. The Hall–Kier alpha value is -2.18. The van der Waals surface area contributed by atoms with Crippen molar-refractivity contribution in [2.75, 3.05) is 0 Å². The van der Waals surface area contributed by atoms with Crippen LogP contribution in [-0.2, 0) is 12.8 Å². The first kappa shape index (κ1) is 15.7. The molecule has 0 aliphatic heterocycles. The fourth-order valence-corrected chi connectivity index (χ4v) is 3.15. The lowest BCUT2D eigenvalue weighted by Gasteiger charge is -2.11. The van der Waals surface area contributed by atoms with E-state index in [0.717, 1.165) is 32.1 Å². The van der Waals surface area contributed by atoms with Crippen LogP contribution in [0.15, 0.2) is 8.83 Å². The minimum Gasteiger partial charge on any atom is -0.436 e. The lowest BCUT2D eigenvalue weighted by Crippen LogP contribution is -2.33. The number of carbonyl (C=O) groups excluding carboxylic acids is 1. The quantitative estimate of drug-likeness (QED) is 0.909. The molecule has 2 aromatic rings. The molecule has 1 fully saturated rings. The Kier molecular flexibility index (Phi) is 4.45. The second-order valence-corrected chi connectivity index (χ2v) is 6.14. The van der Waals surface area contributed by atoms with Crippen LogP contribution in [0.5, 0.6) is 0 Å². The van der Waals surface area contributed by atoms with Crippen LogP contribution >= 0.6 is 0 Å². The van der Waals surface area contributed by atoms with Crippen molar-refractivity contribution in [3.8, 4) is 0 Å². The van der Waals surface area contributed by atoms with Crippen molar-refractivity contribution in [1.29, 1.82) is 0 Å². The maximum atomic E-state index is 12.3. The zero-order valence-corrected chi connectivity index (χ0v) is 13.8. The van der Waals surface area contributed by atoms with E-state index in [-0.39, 0.29) is 11.9 Å². The summed E-state index contributed by atoms with van der Waals surface area (Å²) < 4.78 is 10.9. The third-order valence-corrected chi connectivity index (χ3v) is 4.26. The van der Waals surface area contributed by atoms with Crippen LogP contribution in [0, 0.1) is 19.8 Å². The second-order valence-electron chi connectivity index (χ2n) is 6.14. The number of carbonyl (C=O) groups is 1. The predicted molar refractivity (Wildman–Crippen MR) is 82.0 cm³/mol. The molecule has 2 heterocycles. The molecule has 7 nitrogen and oxygen atoms in total. The average molecular weight is 318 g/mol. The number of hydrogen-bond donors (Lipinski definition) is 1. The fourth-order valence-electron chi connectivity index (χ4n) is 3.15. The van der Waals surface area contributed by atoms with Gasteiger partial charge in [0.05, 0.1) is 5.69 Å². The first-order valence-electron chi connectivity index (χ1n) is 8.11. The van der Waals surface area contributed by atoms with Gasteiger partial charge in [0, 0.05) is 25.8 Å². The van der Waals surface area contributed by atoms with Crippen molar-refractivity contribution in [2.45, 2.75) is 58.9 Å². The van der Waals surface area contributed by atoms with Crippen molar-refractivity contribution in [3.63, 3.8) is 0 Å². The van der Waals surface area contributed by atoms with Gasteiger partial charge in [0.2, 0.25) is 17.5 Å². The van der Waals surface area contributed by atoms with Crippen molar-refractivity contribution < 1.29 is 13.6 Å². The van der Waals surface area contributed by atoms with E-state index in [2.05, 4.69) is 20.5 Å². The summed E-state index contributed by atoms with van der Waals surface area (Å²) in [6.07, 6.45) is 4.45. The molecule has 0 aromatic carbocycles. The molecular weight excluding hydrogens is 296 g/mol. The largest absolute Gasteiger partial charge is 0.436 e. The maximum absolute atomic E-state index is 12.3. The Bertz CT molecular complexity index is 691. The molecule has 0 unspecified atom stereocenters. The Morgan fingerprint density at radius 2 is 2.00 bits per heavy atom. The van der Waals surface area contributed by atoms with Gasteiger partial charge < -0.3 is 14.2 Å². The van der Waals surface area contributed by atoms with Crippen LogP contribution in [0.4, 0.5) is 0 Å². The molecule has 0 radical (unpaired) electrons. The van der Waals surface area contributed by atoms with Crippen LogP contribution < -0.4 is 5.32 Å². The number of nitrogens with zero attached hydrogens (tertiary/aromatic N) is 3. The van der Waals surface area contributed by atoms with E-state index in [4.69, 9.17) is 8.83 Å². The first-order valence-corrected chi connectivity index (χ1v) is 8.11. The molecule has 1 aliphatic rings. The highest BCUT2D eigenvalue weighted by Crippen LogP contribution is 2.28. The van der Waals surface area contributed by atoms with E-state index < -0.39 is 0 Å². The molecule has 1 saturated carbocycles. The minimum absolute atomic E-state index is 0.158. The number of oxazole rings is 1. The number of rotatable bonds is 5. The molecule has 7 heteroatoms. The summed E-state index contributed by atoms with van der Waals surface area (Å²) in [6.45, 7) is 5.51. The number of amides is 1. The van der Waals surface area contributed by atoms with Crippen molar-refractivity contribution in [2.24, 2.45) is 5.92 Å². The summed E-state index contributed by atoms with van der Waals surface area (Å²) in [7, 11) is 0. The SMILES string of the molecule is CCc1nnc(C[C@@H]2CC[C@H](NC(=O)c3oc(C)nc3C)C2)o1. The molecule has 0 bridgehead atoms. The van der Waals surface area contributed by atoms with Crippen LogP contribution in [-0.4, -0.2) is 27.1 Å². The van der Waals surface area contributed by atoms with Crippen molar-refractivity contribution in [3.05, 3.63) is 29.1 Å². The van der Waals surface area contributed by atoms with Gasteiger partial charge in [-0.05, 0) is 32.1 Å². The predicted octanol–water partition coefficient (Wildman–Crippen LogP) is 2.38. The van der Waals surface area contributed by atoms with Gasteiger partial charge >= 0.3 is 0 Å². The second kappa shape index (κ2) is 6.52. The summed E-state index contributed by atoms with van der Waals surface area (Å²) in [4.78, 5) is 16.4. The Morgan fingerprint density at radius 1 is 1.22 bits per heavy atom. The normalized spacial score (nSPS) is 20.8. The van der Waals surface area contributed by atoms with Gasteiger partial charge in [-0.3, -0.25) is 4.79 Å². The molecule has 0 spiro atoms. The zero-order chi connectivity index (χ0) is 16.4. The molecular formula is C16H22N4O3. The molecule has 1 aliphatic carbocycles. The van der Waals surface area contributed by atoms with E-state index >= 15 is 0 Å². The summed E-state index contributed by atoms with van der Waals surface area (Å²) in [6, 6.07) is 0.158. The van der Waals surface area contributed by atoms with Gasteiger partial charge in [-0.2, -0.15) is 0 Å². The van der Waals surface area contributed by atoms with E-state index in [1.807, 2.05) is 6.92 Å². The topological polar surface area (TPSA) is 94.1 Å². The Labute approximate surface area is 134 Å². The smallest absolute Gasteiger partial charge is 0.289 e. The van der Waals surface area contributed by atoms with E-state index in [1.54, 1.807) is 13.8 Å². The Balaban J connectivity index is 1.53. The van der Waals surface area contributed by atoms with Crippen LogP contribution in [0.1, 0.15) is 60.1 Å². The van der Waals surface area contributed by atoms with Crippen LogP contribution in [0.2, 0.25) is 0 Å².